The van der Waals surface area contributed by atoms with Crippen molar-refractivity contribution in [2.75, 3.05) is 24.9 Å². The van der Waals surface area contributed by atoms with Gasteiger partial charge in [-0.3, -0.25) is 4.79 Å². The third-order valence-corrected chi connectivity index (χ3v) is 3.84. The van der Waals surface area contributed by atoms with Gasteiger partial charge in [-0.15, -0.1) is 10.2 Å². The van der Waals surface area contributed by atoms with E-state index < -0.39 is 5.97 Å². The first-order valence-corrected chi connectivity index (χ1v) is 8.34. The van der Waals surface area contributed by atoms with Gasteiger partial charge in [-0.05, 0) is 48.5 Å². The number of para-hydroxylation sites is 1. The van der Waals surface area contributed by atoms with E-state index in [1.165, 1.54) is 14.2 Å². The van der Waals surface area contributed by atoms with E-state index in [1.807, 2.05) is 0 Å². The second-order valence-corrected chi connectivity index (χ2v) is 5.65. The number of carbonyl (C=O) groups is 2. The Kier molecular flexibility index (Phi) is 5.81. The lowest BCUT2D eigenvalue weighted by molar-refractivity contribution is 0.0600. The first kappa shape index (κ1) is 18.8. The van der Waals surface area contributed by atoms with Crippen LogP contribution in [0.25, 0.3) is 0 Å². The van der Waals surface area contributed by atoms with Gasteiger partial charge < -0.3 is 20.1 Å². The van der Waals surface area contributed by atoms with Crippen molar-refractivity contribution in [3.8, 4) is 5.75 Å². The SMILES string of the molecule is COC(=O)c1ccc(Nc2ccc(NC(=O)c3ccccc3OC)nn2)cc1. The number of esters is 1. The molecule has 8 heteroatoms. The van der Waals surface area contributed by atoms with Crippen LogP contribution in [-0.2, 0) is 4.74 Å². The Balaban J connectivity index is 1.65. The van der Waals surface area contributed by atoms with Gasteiger partial charge in [-0.25, -0.2) is 4.79 Å². The smallest absolute Gasteiger partial charge is 0.337 e. The van der Waals surface area contributed by atoms with E-state index >= 15 is 0 Å². The van der Waals surface area contributed by atoms with Crippen LogP contribution in [0.2, 0.25) is 0 Å². The molecule has 0 saturated carbocycles. The number of nitrogens with zero attached hydrogens (tertiary/aromatic N) is 2. The molecular weight excluding hydrogens is 360 g/mol. The predicted molar refractivity (Wildman–Crippen MR) is 104 cm³/mol. The third kappa shape index (κ3) is 4.42. The summed E-state index contributed by atoms with van der Waals surface area (Å²) in [5, 5.41) is 13.8. The van der Waals surface area contributed by atoms with E-state index in [0.717, 1.165) is 5.69 Å². The molecular formula is C20H18N4O4. The molecule has 0 aliphatic heterocycles. The number of benzene rings is 2. The summed E-state index contributed by atoms with van der Waals surface area (Å²) in [5.41, 5.74) is 1.58. The molecule has 3 rings (SSSR count). The van der Waals surface area contributed by atoms with Crippen LogP contribution >= 0.6 is 0 Å². The summed E-state index contributed by atoms with van der Waals surface area (Å²) in [6.45, 7) is 0. The van der Waals surface area contributed by atoms with Crippen LogP contribution in [0.15, 0.2) is 60.7 Å². The van der Waals surface area contributed by atoms with Crippen molar-refractivity contribution in [2.24, 2.45) is 0 Å². The van der Waals surface area contributed by atoms with Crippen LogP contribution in [-0.4, -0.2) is 36.3 Å². The first-order valence-electron chi connectivity index (χ1n) is 8.34. The quantitative estimate of drug-likeness (QED) is 0.635. The zero-order chi connectivity index (χ0) is 19.9. The minimum Gasteiger partial charge on any atom is -0.496 e. The molecule has 1 amide bonds. The second kappa shape index (κ2) is 8.63. The van der Waals surface area contributed by atoms with Crippen LogP contribution in [0.3, 0.4) is 0 Å². The minimum absolute atomic E-state index is 0.308. The second-order valence-electron chi connectivity index (χ2n) is 5.65. The Morgan fingerprint density at radius 1 is 0.857 bits per heavy atom. The number of anilines is 3. The van der Waals surface area contributed by atoms with E-state index in [-0.39, 0.29) is 5.91 Å². The van der Waals surface area contributed by atoms with Gasteiger partial charge >= 0.3 is 5.97 Å². The lowest BCUT2D eigenvalue weighted by Crippen LogP contribution is -2.14. The van der Waals surface area contributed by atoms with E-state index in [0.29, 0.717) is 28.5 Å². The summed E-state index contributed by atoms with van der Waals surface area (Å²) in [5.74, 6) is 0.526. The number of ether oxygens (including phenoxy) is 2. The number of carbonyl (C=O) groups excluding carboxylic acids is 2. The molecule has 1 heterocycles. The van der Waals surface area contributed by atoms with Gasteiger partial charge in [0.05, 0.1) is 25.3 Å². The molecule has 0 bridgehead atoms. The van der Waals surface area contributed by atoms with Gasteiger partial charge in [0.2, 0.25) is 0 Å². The minimum atomic E-state index is -0.401. The largest absolute Gasteiger partial charge is 0.496 e. The van der Waals surface area contributed by atoms with Crippen molar-refractivity contribution in [1.82, 2.24) is 10.2 Å². The standard InChI is InChI=1S/C20H18N4O4/c1-27-16-6-4-3-5-15(16)19(25)22-18-12-11-17(23-24-18)21-14-9-7-13(8-10-14)20(26)28-2/h3-12H,1-2H3,(H,21,23)(H,22,24,25). The van der Waals surface area contributed by atoms with Gasteiger partial charge in [0, 0.05) is 5.69 Å². The number of rotatable bonds is 6. The molecule has 2 N–H and O–H groups in total. The predicted octanol–water partition coefficient (Wildman–Crippen LogP) is 3.27. The number of hydrogen-bond acceptors (Lipinski definition) is 7. The average molecular weight is 378 g/mol. The molecule has 0 unspecified atom stereocenters. The summed E-state index contributed by atoms with van der Waals surface area (Å²) in [6.07, 6.45) is 0. The highest BCUT2D eigenvalue weighted by atomic mass is 16.5. The Morgan fingerprint density at radius 3 is 2.18 bits per heavy atom. The molecule has 28 heavy (non-hydrogen) atoms. The monoisotopic (exact) mass is 378 g/mol. The van der Waals surface area contributed by atoms with Crippen molar-refractivity contribution in [3.05, 3.63) is 71.8 Å². The van der Waals surface area contributed by atoms with Crippen molar-refractivity contribution in [3.63, 3.8) is 0 Å². The van der Waals surface area contributed by atoms with E-state index in [1.54, 1.807) is 60.7 Å². The highest BCUT2D eigenvalue weighted by molar-refractivity contribution is 6.05. The molecule has 142 valence electrons. The number of hydrogen-bond donors (Lipinski definition) is 2. The summed E-state index contributed by atoms with van der Waals surface area (Å²) in [6, 6.07) is 17.0. The van der Waals surface area contributed by atoms with Gasteiger partial charge in [-0.1, -0.05) is 12.1 Å². The maximum absolute atomic E-state index is 12.4. The summed E-state index contributed by atoms with van der Waals surface area (Å²) in [4.78, 5) is 23.8. The Hall–Kier alpha value is -3.94. The molecule has 0 saturated heterocycles. The van der Waals surface area contributed by atoms with Crippen LogP contribution in [0.4, 0.5) is 17.3 Å². The highest BCUT2D eigenvalue weighted by Gasteiger charge is 2.12. The molecule has 8 nitrogen and oxygen atoms in total. The van der Waals surface area contributed by atoms with Gasteiger partial charge in [0.15, 0.2) is 11.6 Å². The van der Waals surface area contributed by atoms with Crippen molar-refractivity contribution >= 4 is 29.2 Å². The summed E-state index contributed by atoms with van der Waals surface area (Å²) >= 11 is 0. The molecule has 0 radical (unpaired) electrons. The number of nitrogens with one attached hydrogen (secondary N) is 2. The van der Waals surface area contributed by atoms with E-state index in [9.17, 15) is 9.59 Å². The van der Waals surface area contributed by atoms with Crippen molar-refractivity contribution in [2.45, 2.75) is 0 Å². The van der Waals surface area contributed by atoms with Gasteiger partial charge in [0.25, 0.3) is 5.91 Å². The molecule has 0 fully saturated rings. The third-order valence-electron chi connectivity index (χ3n) is 3.84. The molecule has 3 aromatic rings. The molecule has 0 atom stereocenters. The number of amides is 1. The molecule has 0 spiro atoms. The van der Waals surface area contributed by atoms with Crippen LogP contribution in [0.5, 0.6) is 5.75 Å². The fourth-order valence-corrected chi connectivity index (χ4v) is 2.44. The molecule has 1 aromatic heterocycles. The Morgan fingerprint density at radius 2 is 1.54 bits per heavy atom. The number of methoxy groups -OCH3 is 2. The topological polar surface area (TPSA) is 102 Å². The lowest BCUT2D eigenvalue weighted by Gasteiger charge is -2.09. The highest BCUT2D eigenvalue weighted by Crippen LogP contribution is 2.19. The fraction of sp³-hybridized carbons (Fsp3) is 0.100. The molecule has 0 aliphatic rings. The van der Waals surface area contributed by atoms with Crippen molar-refractivity contribution in [1.29, 1.82) is 0 Å². The van der Waals surface area contributed by atoms with Gasteiger partial charge in [-0.2, -0.15) is 0 Å². The summed E-state index contributed by atoms with van der Waals surface area (Å²) < 4.78 is 9.85. The maximum atomic E-state index is 12.4. The zero-order valence-corrected chi connectivity index (χ0v) is 15.3. The fourth-order valence-electron chi connectivity index (χ4n) is 2.44. The molecule has 0 aliphatic carbocycles. The van der Waals surface area contributed by atoms with E-state index in [4.69, 9.17) is 4.74 Å². The maximum Gasteiger partial charge on any atom is 0.337 e. The van der Waals surface area contributed by atoms with Crippen LogP contribution in [0, 0.1) is 0 Å². The lowest BCUT2D eigenvalue weighted by atomic mass is 10.2. The zero-order valence-electron chi connectivity index (χ0n) is 15.3. The number of aromatic nitrogens is 2. The van der Waals surface area contributed by atoms with Gasteiger partial charge in [0.1, 0.15) is 5.75 Å². The van der Waals surface area contributed by atoms with Crippen LogP contribution in [0.1, 0.15) is 20.7 Å². The van der Waals surface area contributed by atoms with Crippen LogP contribution < -0.4 is 15.4 Å². The normalized spacial score (nSPS) is 10.1. The van der Waals surface area contributed by atoms with Crippen molar-refractivity contribution < 1.29 is 19.1 Å². The Bertz CT molecular complexity index is 972. The molecule has 2 aromatic carbocycles. The first-order chi connectivity index (χ1) is 13.6. The Labute approximate surface area is 161 Å². The summed E-state index contributed by atoms with van der Waals surface area (Å²) in [7, 11) is 2.84. The average Bonchev–Trinajstić information content (AvgIpc) is 2.75. The van der Waals surface area contributed by atoms with E-state index in [2.05, 4.69) is 25.6 Å².